The predicted octanol–water partition coefficient (Wildman–Crippen LogP) is 3.03. The van der Waals surface area contributed by atoms with Gasteiger partial charge in [0.2, 0.25) is 5.91 Å². The molecule has 3 rings (SSSR count). The lowest BCUT2D eigenvalue weighted by Gasteiger charge is -2.23. The van der Waals surface area contributed by atoms with Gasteiger partial charge in [0.25, 0.3) is 5.56 Å². The minimum Gasteiger partial charge on any atom is -0.349 e. The number of amides is 1. The van der Waals surface area contributed by atoms with Gasteiger partial charge in [-0.25, -0.2) is 13.4 Å². The standard InChI is InChI=1S/C20H26ClN3O4S2/c1-3-4-5-9-24-18(26)15-7-6-14(21)11-16(15)22-19(24)29-12-17(25)23-20(2)8-10-30(27,28)13-20/h6-7,11H,3-5,8-10,12-13H2,1-2H3,(H,23,25). The molecule has 1 aromatic heterocycles. The Bertz CT molecular complexity index is 1120. The van der Waals surface area contributed by atoms with Gasteiger partial charge in [0.15, 0.2) is 15.0 Å². The molecule has 10 heteroatoms. The van der Waals surface area contributed by atoms with Gasteiger partial charge >= 0.3 is 0 Å². The van der Waals surface area contributed by atoms with Gasteiger partial charge in [-0.1, -0.05) is 43.1 Å². The van der Waals surface area contributed by atoms with Crippen molar-refractivity contribution in [2.45, 2.75) is 56.8 Å². The second-order valence-electron chi connectivity index (χ2n) is 7.96. The third kappa shape index (κ3) is 5.56. The number of halogens is 1. The molecular formula is C20H26ClN3O4S2. The minimum atomic E-state index is -3.11. The quantitative estimate of drug-likeness (QED) is 0.361. The lowest BCUT2D eigenvalue weighted by molar-refractivity contribution is -0.120. The first-order chi connectivity index (χ1) is 14.1. The van der Waals surface area contributed by atoms with Crippen molar-refractivity contribution in [2.24, 2.45) is 0 Å². The molecule has 164 valence electrons. The monoisotopic (exact) mass is 471 g/mol. The minimum absolute atomic E-state index is 0.0436. The van der Waals surface area contributed by atoms with Crippen molar-refractivity contribution in [3.05, 3.63) is 33.6 Å². The van der Waals surface area contributed by atoms with Crippen molar-refractivity contribution in [3.63, 3.8) is 0 Å². The highest BCUT2D eigenvalue weighted by Gasteiger charge is 2.39. The van der Waals surface area contributed by atoms with Crippen LogP contribution in [0.15, 0.2) is 28.2 Å². The number of carbonyl (C=O) groups excluding carboxylic acids is 1. The van der Waals surface area contributed by atoms with Gasteiger partial charge in [-0.3, -0.25) is 14.2 Å². The topological polar surface area (TPSA) is 98.1 Å². The number of nitrogens with zero attached hydrogens (tertiary/aromatic N) is 2. The summed E-state index contributed by atoms with van der Waals surface area (Å²) >= 11 is 7.24. The molecule has 2 heterocycles. The number of carbonyl (C=O) groups is 1. The normalized spacial score (nSPS) is 20.5. The Labute approximate surface area is 185 Å². The Hall–Kier alpha value is -1.58. The zero-order valence-electron chi connectivity index (χ0n) is 17.1. The van der Waals surface area contributed by atoms with Crippen molar-refractivity contribution >= 4 is 50.0 Å². The van der Waals surface area contributed by atoms with E-state index in [9.17, 15) is 18.0 Å². The summed E-state index contributed by atoms with van der Waals surface area (Å²) < 4.78 is 25.1. The molecule has 1 fully saturated rings. The average molecular weight is 472 g/mol. The van der Waals surface area contributed by atoms with E-state index in [1.165, 1.54) is 11.8 Å². The van der Waals surface area contributed by atoms with Crippen LogP contribution in [0.3, 0.4) is 0 Å². The number of hydrogen-bond donors (Lipinski definition) is 1. The summed E-state index contributed by atoms with van der Waals surface area (Å²) in [6.07, 6.45) is 3.26. The number of hydrogen-bond acceptors (Lipinski definition) is 6. The fourth-order valence-electron chi connectivity index (χ4n) is 3.61. The fraction of sp³-hybridized carbons (Fsp3) is 0.550. The first-order valence-electron chi connectivity index (χ1n) is 9.97. The maximum absolute atomic E-state index is 13.0. The van der Waals surface area contributed by atoms with E-state index in [-0.39, 0.29) is 28.7 Å². The number of nitrogens with one attached hydrogen (secondary N) is 1. The molecule has 0 bridgehead atoms. The Kier molecular flexibility index (Phi) is 7.14. The van der Waals surface area contributed by atoms with E-state index < -0.39 is 15.4 Å². The number of aromatic nitrogens is 2. The Morgan fingerprint density at radius 3 is 2.80 bits per heavy atom. The van der Waals surface area contributed by atoms with Crippen LogP contribution >= 0.6 is 23.4 Å². The highest BCUT2D eigenvalue weighted by atomic mass is 35.5. The summed E-state index contributed by atoms with van der Waals surface area (Å²) in [7, 11) is -3.11. The summed E-state index contributed by atoms with van der Waals surface area (Å²) in [5.74, 6) is -0.201. The zero-order chi connectivity index (χ0) is 21.9. The molecule has 7 nitrogen and oxygen atoms in total. The van der Waals surface area contributed by atoms with E-state index >= 15 is 0 Å². The van der Waals surface area contributed by atoms with E-state index in [1.54, 1.807) is 29.7 Å². The van der Waals surface area contributed by atoms with Crippen molar-refractivity contribution < 1.29 is 13.2 Å². The van der Waals surface area contributed by atoms with Gasteiger partial charge < -0.3 is 5.32 Å². The largest absolute Gasteiger partial charge is 0.349 e. The van der Waals surface area contributed by atoms with Crippen LogP contribution in [0, 0.1) is 0 Å². The molecule has 1 unspecified atom stereocenters. The second kappa shape index (κ2) is 9.28. The van der Waals surface area contributed by atoms with Gasteiger partial charge in [-0.15, -0.1) is 0 Å². The summed E-state index contributed by atoms with van der Waals surface area (Å²) in [4.78, 5) is 30.1. The lowest BCUT2D eigenvalue weighted by Crippen LogP contribution is -2.47. The van der Waals surface area contributed by atoms with Crippen LogP contribution in [-0.4, -0.2) is 46.7 Å². The van der Waals surface area contributed by atoms with Crippen LogP contribution in [0.5, 0.6) is 0 Å². The van der Waals surface area contributed by atoms with Crippen LogP contribution in [-0.2, 0) is 21.2 Å². The third-order valence-electron chi connectivity index (χ3n) is 5.14. The SMILES string of the molecule is CCCCCn1c(SCC(=O)NC2(C)CCS(=O)(=O)C2)nc2cc(Cl)ccc2c1=O. The number of thioether (sulfide) groups is 1. The molecule has 1 atom stereocenters. The smallest absolute Gasteiger partial charge is 0.262 e. The lowest BCUT2D eigenvalue weighted by atomic mass is 10.0. The van der Waals surface area contributed by atoms with Gasteiger partial charge in [0, 0.05) is 11.6 Å². The van der Waals surface area contributed by atoms with E-state index in [4.69, 9.17) is 11.6 Å². The van der Waals surface area contributed by atoms with Crippen molar-refractivity contribution in [3.8, 4) is 0 Å². The van der Waals surface area contributed by atoms with Crippen LogP contribution in [0.25, 0.3) is 10.9 Å². The molecule has 0 aliphatic carbocycles. The fourth-order valence-corrected chi connectivity index (χ4v) is 6.70. The number of sulfone groups is 1. The van der Waals surface area contributed by atoms with E-state index in [0.717, 1.165) is 19.3 Å². The molecular weight excluding hydrogens is 446 g/mol. The summed E-state index contributed by atoms with van der Waals surface area (Å²) in [6, 6.07) is 4.98. The molecule has 1 aliphatic heterocycles. The average Bonchev–Trinajstić information content (AvgIpc) is 2.94. The molecule has 1 aliphatic rings. The number of rotatable bonds is 8. The zero-order valence-corrected chi connectivity index (χ0v) is 19.5. The van der Waals surface area contributed by atoms with Gasteiger partial charge in [0.1, 0.15) is 0 Å². The first-order valence-corrected chi connectivity index (χ1v) is 13.2. The Morgan fingerprint density at radius 2 is 2.13 bits per heavy atom. The van der Waals surface area contributed by atoms with Gasteiger partial charge in [0.05, 0.1) is 33.7 Å². The Balaban J connectivity index is 1.80. The molecule has 0 saturated carbocycles. The molecule has 2 aromatic rings. The Morgan fingerprint density at radius 1 is 1.37 bits per heavy atom. The van der Waals surface area contributed by atoms with Crippen molar-refractivity contribution in [1.82, 2.24) is 14.9 Å². The van der Waals surface area contributed by atoms with Gasteiger partial charge in [-0.2, -0.15) is 0 Å². The van der Waals surface area contributed by atoms with Crippen molar-refractivity contribution in [1.29, 1.82) is 0 Å². The molecule has 1 aromatic carbocycles. The molecule has 0 spiro atoms. The maximum atomic E-state index is 13.0. The molecule has 1 amide bonds. The van der Waals surface area contributed by atoms with Crippen LogP contribution in [0.2, 0.25) is 5.02 Å². The van der Waals surface area contributed by atoms with Gasteiger partial charge in [-0.05, 0) is 38.0 Å². The van der Waals surface area contributed by atoms with Crippen LogP contribution in [0.1, 0.15) is 39.5 Å². The highest BCUT2D eigenvalue weighted by Crippen LogP contribution is 2.24. The summed E-state index contributed by atoms with van der Waals surface area (Å²) in [5, 5.41) is 4.28. The predicted molar refractivity (Wildman–Crippen MR) is 121 cm³/mol. The summed E-state index contributed by atoms with van der Waals surface area (Å²) in [5.41, 5.74) is -0.401. The number of fused-ring (bicyclic) bond motifs is 1. The number of benzene rings is 1. The van der Waals surface area contributed by atoms with E-state index in [2.05, 4.69) is 17.2 Å². The van der Waals surface area contributed by atoms with Crippen molar-refractivity contribution in [2.75, 3.05) is 17.3 Å². The first kappa shape index (κ1) is 23.1. The molecule has 0 radical (unpaired) electrons. The molecule has 30 heavy (non-hydrogen) atoms. The summed E-state index contributed by atoms with van der Waals surface area (Å²) in [6.45, 7) is 4.36. The molecule has 1 saturated heterocycles. The third-order valence-corrected chi connectivity index (χ3v) is 8.26. The van der Waals surface area contributed by atoms with E-state index in [0.29, 0.717) is 34.0 Å². The molecule has 1 N–H and O–H groups in total. The van der Waals surface area contributed by atoms with Crippen LogP contribution < -0.4 is 10.9 Å². The van der Waals surface area contributed by atoms with E-state index in [1.807, 2.05) is 0 Å². The number of unbranched alkanes of at least 4 members (excludes halogenated alkanes) is 2. The maximum Gasteiger partial charge on any atom is 0.262 e. The highest BCUT2D eigenvalue weighted by molar-refractivity contribution is 7.99. The second-order valence-corrected chi connectivity index (χ2v) is 11.5. The van der Waals surface area contributed by atoms with Crippen LogP contribution in [0.4, 0.5) is 0 Å².